The fraction of sp³-hybridized carbons (Fsp3) is 0.538. The van der Waals surface area contributed by atoms with E-state index in [1.54, 1.807) is 0 Å². The Balaban J connectivity index is 2.70. The molecule has 0 spiro atoms. The largest absolute Gasteiger partial charge is 0.241 e. The van der Waals surface area contributed by atoms with Gasteiger partial charge < -0.3 is 0 Å². The highest BCUT2D eigenvalue weighted by atomic mass is 79.9. The van der Waals surface area contributed by atoms with Gasteiger partial charge in [-0.1, -0.05) is 28.1 Å². The molecule has 3 heteroatoms. The Morgan fingerprint density at radius 2 is 1.56 bits per heavy atom. The molecule has 16 heavy (non-hydrogen) atoms. The lowest BCUT2D eigenvalue weighted by molar-refractivity contribution is 0.335. The van der Waals surface area contributed by atoms with E-state index in [4.69, 9.17) is 0 Å². The summed E-state index contributed by atoms with van der Waals surface area (Å²) in [6.45, 7) is 8.94. The van der Waals surface area contributed by atoms with Gasteiger partial charge in [0.25, 0.3) is 0 Å². The lowest BCUT2D eigenvalue weighted by Crippen LogP contribution is -2.30. The molecule has 0 heterocycles. The minimum atomic E-state index is 0.556. The van der Waals surface area contributed by atoms with Crippen molar-refractivity contribution in [3.05, 3.63) is 29.8 Å². The Bertz CT molecular complexity index is 300. The molecule has 1 aromatic rings. The fourth-order valence-corrected chi connectivity index (χ4v) is 2.86. The Morgan fingerprint density at radius 1 is 1.06 bits per heavy atom. The molecule has 1 aromatic carbocycles. The molecule has 0 aliphatic heterocycles. The summed E-state index contributed by atoms with van der Waals surface area (Å²) in [6, 6.07) is 9.85. The smallest absolute Gasteiger partial charge is 0.0283 e. The molecule has 0 atom stereocenters. The summed E-state index contributed by atoms with van der Waals surface area (Å²) >= 11 is 5.30. The lowest BCUT2D eigenvalue weighted by atomic mass is 10.2. The molecule has 0 fully saturated rings. The van der Waals surface area contributed by atoms with Crippen molar-refractivity contribution in [2.24, 2.45) is 0 Å². The molecule has 0 bridgehead atoms. The van der Waals surface area contributed by atoms with Gasteiger partial charge in [-0.3, -0.25) is 0 Å². The summed E-state index contributed by atoms with van der Waals surface area (Å²) in [5, 5.41) is 0.927. The summed E-state index contributed by atoms with van der Waals surface area (Å²) in [5.74, 6) is 0. The van der Waals surface area contributed by atoms with Crippen LogP contribution >= 0.6 is 27.9 Å². The zero-order valence-corrected chi connectivity index (χ0v) is 12.8. The number of halogens is 1. The number of alkyl halides is 1. The minimum absolute atomic E-state index is 0.556. The van der Waals surface area contributed by atoms with E-state index in [0.717, 1.165) is 5.33 Å². The maximum absolute atomic E-state index is 3.46. The second kappa shape index (κ2) is 6.67. The number of benzene rings is 1. The molecule has 0 radical (unpaired) electrons. The van der Waals surface area contributed by atoms with Crippen molar-refractivity contribution in [1.29, 1.82) is 0 Å². The van der Waals surface area contributed by atoms with Crippen LogP contribution in [0.15, 0.2) is 29.2 Å². The van der Waals surface area contributed by atoms with Crippen LogP contribution in [0.25, 0.3) is 0 Å². The first-order chi connectivity index (χ1) is 7.54. The third-order valence-corrected chi connectivity index (χ3v) is 4.49. The monoisotopic (exact) mass is 301 g/mol. The van der Waals surface area contributed by atoms with Crippen LogP contribution in [-0.4, -0.2) is 16.4 Å². The van der Waals surface area contributed by atoms with Gasteiger partial charge in [0.15, 0.2) is 0 Å². The van der Waals surface area contributed by atoms with E-state index in [-0.39, 0.29) is 0 Å². The van der Waals surface area contributed by atoms with Crippen molar-refractivity contribution in [2.45, 2.75) is 50.0 Å². The standard InChI is InChI=1S/C13H20BrNS/c1-10(2)15(11(3)4)16-13-7-5-12(9-14)6-8-13/h5-8,10-11H,9H2,1-4H3. The fourth-order valence-electron chi connectivity index (χ4n) is 1.57. The highest BCUT2D eigenvalue weighted by Gasteiger charge is 2.14. The van der Waals surface area contributed by atoms with E-state index in [9.17, 15) is 0 Å². The third kappa shape index (κ3) is 4.11. The first-order valence-corrected chi connectivity index (χ1v) is 7.55. The molecule has 0 saturated heterocycles. The van der Waals surface area contributed by atoms with Gasteiger partial charge >= 0.3 is 0 Å². The van der Waals surface area contributed by atoms with Crippen LogP contribution in [0.2, 0.25) is 0 Å². The summed E-state index contributed by atoms with van der Waals surface area (Å²) in [6.07, 6.45) is 0. The van der Waals surface area contributed by atoms with E-state index in [1.165, 1.54) is 10.5 Å². The van der Waals surface area contributed by atoms with Crippen molar-refractivity contribution >= 4 is 27.9 Å². The summed E-state index contributed by atoms with van der Waals surface area (Å²) in [5.41, 5.74) is 1.32. The molecule has 1 rings (SSSR count). The summed E-state index contributed by atoms with van der Waals surface area (Å²) in [7, 11) is 0. The maximum atomic E-state index is 3.46. The predicted octanol–water partition coefficient (Wildman–Crippen LogP) is 4.71. The van der Waals surface area contributed by atoms with Crippen molar-refractivity contribution in [2.75, 3.05) is 0 Å². The second-order valence-electron chi connectivity index (χ2n) is 4.42. The van der Waals surface area contributed by atoms with Crippen LogP contribution < -0.4 is 0 Å². The Labute approximate surface area is 112 Å². The zero-order chi connectivity index (χ0) is 12.1. The van der Waals surface area contributed by atoms with Crippen molar-refractivity contribution in [3.63, 3.8) is 0 Å². The van der Waals surface area contributed by atoms with E-state index in [0.29, 0.717) is 12.1 Å². The molecule has 0 amide bonds. The highest BCUT2D eigenvalue weighted by Crippen LogP contribution is 2.27. The van der Waals surface area contributed by atoms with Crippen LogP contribution in [0, 0.1) is 0 Å². The van der Waals surface area contributed by atoms with E-state index in [2.05, 4.69) is 72.2 Å². The first kappa shape index (κ1) is 14.1. The summed E-state index contributed by atoms with van der Waals surface area (Å²) in [4.78, 5) is 1.31. The molecule has 0 aliphatic carbocycles. The SMILES string of the molecule is CC(C)N(Sc1ccc(CBr)cc1)C(C)C. The average molecular weight is 302 g/mol. The zero-order valence-electron chi connectivity index (χ0n) is 10.4. The predicted molar refractivity (Wildman–Crippen MR) is 77.0 cm³/mol. The molecule has 0 aliphatic rings. The first-order valence-electron chi connectivity index (χ1n) is 5.65. The Kier molecular flexibility index (Phi) is 5.87. The van der Waals surface area contributed by atoms with Gasteiger partial charge in [0, 0.05) is 22.3 Å². The van der Waals surface area contributed by atoms with Gasteiger partial charge in [-0.25, -0.2) is 4.31 Å². The Morgan fingerprint density at radius 3 is 1.94 bits per heavy atom. The second-order valence-corrected chi connectivity index (χ2v) is 6.05. The number of hydrogen-bond acceptors (Lipinski definition) is 2. The van der Waals surface area contributed by atoms with Crippen LogP contribution in [0.3, 0.4) is 0 Å². The molecule has 0 aromatic heterocycles. The maximum Gasteiger partial charge on any atom is 0.0283 e. The topological polar surface area (TPSA) is 3.24 Å². The van der Waals surface area contributed by atoms with Crippen LogP contribution in [0.1, 0.15) is 33.3 Å². The van der Waals surface area contributed by atoms with Gasteiger partial charge in [-0.15, -0.1) is 0 Å². The minimum Gasteiger partial charge on any atom is -0.241 e. The normalized spacial score (nSPS) is 11.8. The molecule has 1 nitrogen and oxygen atoms in total. The van der Waals surface area contributed by atoms with Crippen molar-refractivity contribution < 1.29 is 0 Å². The van der Waals surface area contributed by atoms with E-state index in [1.807, 2.05) is 11.9 Å². The molecule has 0 N–H and O–H groups in total. The number of hydrogen-bond donors (Lipinski definition) is 0. The third-order valence-electron chi connectivity index (χ3n) is 2.31. The van der Waals surface area contributed by atoms with Crippen molar-refractivity contribution in [1.82, 2.24) is 4.31 Å². The summed E-state index contributed by atoms with van der Waals surface area (Å²) < 4.78 is 2.42. The molecular formula is C13H20BrNS. The van der Waals surface area contributed by atoms with Gasteiger partial charge in [-0.05, 0) is 57.3 Å². The van der Waals surface area contributed by atoms with E-state index >= 15 is 0 Å². The van der Waals surface area contributed by atoms with Gasteiger partial charge in [0.2, 0.25) is 0 Å². The quantitative estimate of drug-likeness (QED) is 0.572. The van der Waals surface area contributed by atoms with Gasteiger partial charge in [0.05, 0.1) is 0 Å². The Hall–Kier alpha value is 0.01000. The number of nitrogens with zero attached hydrogens (tertiary/aromatic N) is 1. The molecular weight excluding hydrogens is 282 g/mol. The van der Waals surface area contributed by atoms with Gasteiger partial charge in [0.1, 0.15) is 0 Å². The lowest BCUT2D eigenvalue weighted by Gasteiger charge is -2.28. The molecule has 90 valence electrons. The van der Waals surface area contributed by atoms with E-state index < -0.39 is 0 Å². The molecule has 0 saturated carbocycles. The molecule has 0 unspecified atom stereocenters. The number of rotatable bonds is 5. The average Bonchev–Trinajstić information content (AvgIpc) is 2.25. The van der Waals surface area contributed by atoms with Crippen LogP contribution in [-0.2, 0) is 5.33 Å². The van der Waals surface area contributed by atoms with Gasteiger partial charge in [-0.2, -0.15) is 0 Å². The van der Waals surface area contributed by atoms with Crippen LogP contribution in [0.4, 0.5) is 0 Å². The highest BCUT2D eigenvalue weighted by molar-refractivity contribution is 9.08. The van der Waals surface area contributed by atoms with Crippen molar-refractivity contribution in [3.8, 4) is 0 Å². The van der Waals surface area contributed by atoms with Crippen LogP contribution in [0.5, 0.6) is 0 Å².